The van der Waals surface area contributed by atoms with Crippen molar-refractivity contribution in [3.63, 3.8) is 0 Å². The lowest BCUT2D eigenvalue weighted by atomic mass is 10.3. The van der Waals surface area contributed by atoms with Crippen LogP contribution in [0.15, 0.2) is 32.9 Å². The molecule has 1 amide bonds. The molecule has 3 N–H and O–H groups in total. The number of amides is 1. The van der Waals surface area contributed by atoms with E-state index >= 15 is 0 Å². The van der Waals surface area contributed by atoms with Gasteiger partial charge in [-0.1, -0.05) is 15.9 Å². The fourth-order valence-electron chi connectivity index (χ4n) is 1.34. The summed E-state index contributed by atoms with van der Waals surface area (Å²) in [5.41, 5.74) is 7.43. The standard InChI is InChI=1S/C12H12BrN3OS2/c1-7-5-19-12(15-7)16-11(17)6-18-10-4-8(13)2-3-9(10)14/h2-5H,6,14H2,1H3,(H,15,16,17). The number of nitrogen functional groups attached to an aromatic ring is 1. The molecular formula is C12H12BrN3OS2. The molecule has 1 aromatic heterocycles. The van der Waals surface area contributed by atoms with Gasteiger partial charge < -0.3 is 11.1 Å². The third-order valence-electron chi connectivity index (χ3n) is 2.20. The molecule has 2 rings (SSSR count). The summed E-state index contributed by atoms with van der Waals surface area (Å²) in [6.07, 6.45) is 0. The smallest absolute Gasteiger partial charge is 0.236 e. The maximum Gasteiger partial charge on any atom is 0.236 e. The van der Waals surface area contributed by atoms with Crippen LogP contribution >= 0.6 is 39.0 Å². The summed E-state index contributed by atoms with van der Waals surface area (Å²) in [7, 11) is 0. The Labute approximate surface area is 127 Å². The maximum atomic E-state index is 11.8. The summed E-state index contributed by atoms with van der Waals surface area (Å²) in [6, 6.07) is 5.59. The zero-order valence-electron chi connectivity index (χ0n) is 10.1. The monoisotopic (exact) mass is 357 g/mol. The molecule has 0 aliphatic rings. The van der Waals surface area contributed by atoms with E-state index in [1.165, 1.54) is 23.1 Å². The number of hydrogen-bond acceptors (Lipinski definition) is 5. The molecule has 0 aliphatic heterocycles. The number of anilines is 2. The number of carbonyl (C=O) groups excluding carboxylic acids is 1. The van der Waals surface area contributed by atoms with Gasteiger partial charge in [-0.15, -0.1) is 23.1 Å². The van der Waals surface area contributed by atoms with Crippen molar-refractivity contribution in [3.8, 4) is 0 Å². The van der Waals surface area contributed by atoms with E-state index in [2.05, 4.69) is 26.2 Å². The second-order valence-electron chi connectivity index (χ2n) is 3.81. The van der Waals surface area contributed by atoms with Crippen LogP contribution in [0.1, 0.15) is 5.69 Å². The second-order valence-corrected chi connectivity index (χ2v) is 6.60. The molecule has 0 aliphatic carbocycles. The number of nitrogens with one attached hydrogen (secondary N) is 1. The van der Waals surface area contributed by atoms with Crippen LogP contribution in [0.5, 0.6) is 0 Å². The lowest BCUT2D eigenvalue weighted by Gasteiger charge is -2.05. The first-order valence-electron chi connectivity index (χ1n) is 5.44. The van der Waals surface area contributed by atoms with Gasteiger partial charge in [-0.3, -0.25) is 4.79 Å². The SMILES string of the molecule is Cc1csc(NC(=O)CSc2cc(Br)ccc2N)n1. The van der Waals surface area contributed by atoms with E-state index in [-0.39, 0.29) is 5.91 Å². The number of carbonyl (C=O) groups is 1. The van der Waals surface area contributed by atoms with Crippen LogP contribution in [0, 0.1) is 6.92 Å². The van der Waals surface area contributed by atoms with Crippen molar-refractivity contribution in [3.05, 3.63) is 33.7 Å². The summed E-state index contributed by atoms with van der Waals surface area (Å²) in [6.45, 7) is 1.89. The Balaban J connectivity index is 1.91. The highest BCUT2D eigenvalue weighted by Gasteiger charge is 2.08. The molecule has 0 atom stereocenters. The van der Waals surface area contributed by atoms with Gasteiger partial charge in [-0.2, -0.15) is 0 Å². The Morgan fingerprint density at radius 3 is 3.05 bits per heavy atom. The zero-order chi connectivity index (χ0) is 13.8. The Hall–Kier alpha value is -1.05. The van der Waals surface area contributed by atoms with E-state index in [0.717, 1.165) is 15.1 Å². The van der Waals surface area contributed by atoms with Crippen LogP contribution in [0.4, 0.5) is 10.8 Å². The molecule has 0 bridgehead atoms. The molecule has 0 saturated heterocycles. The van der Waals surface area contributed by atoms with Crippen molar-refractivity contribution in [2.24, 2.45) is 0 Å². The first-order valence-corrected chi connectivity index (χ1v) is 8.10. The Kier molecular flexibility index (Phi) is 4.84. The second kappa shape index (κ2) is 6.40. The van der Waals surface area contributed by atoms with Crippen molar-refractivity contribution in [2.45, 2.75) is 11.8 Å². The predicted octanol–water partition coefficient (Wildman–Crippen LogP) is 3.53. The molecule has 7 heteroatoms. The Morgan fingerprint density at radius 1 is 1.58 bits per heavy atom. The summed E-state index contributed by atoms with van der Waals surface area (Å²) < 4.78 is 0.945. The average Bonchev–Trinajstić information content (AvgIpc) is 2.76. The van der Waals surface area contributed by atoms with Gasteiger partial charge in [0.1, 0.15) is 0 Å². The van der Waals surface area contributed by atoms with Crippen molar-refractivity contribution >= 4 is 55.8 Å². The highest BCUT2D eigenvalue weighted by Crippen LogP contribution is 2.28. The number of rotatable bonds is 4. The van der Waals surface area contributed by atoms with Crippen molar-refractivity contribution in [2.75, 3.05) is 16.8 Å². The van der Waals surface area contributed by atoms with E-state index in [1.54, 1.807) is 0 Å². The van der Waals surface area contributed by atoms with Crippen LogP contribution in [0.2, 0.25) is 0 Å². The molecule has 19 heavy (non-hydrogen) atoms. The van der Waals surface area contributed by atoms with Gasteiger partial charge in [-0.05, 0) is 25.1 Å². The number of aromatic nitrogens is 1. The number of thiazole rings is 1. The molecule has 0 spiro atoms. The molecule has 0 saturated carbocycles. The first-order chi connectivity index (χ1) is 9.04. The van der Waals surface area contributed by atoms with Gasteiger partial charge in [0.25, 0.3) is 0 Å². The molecule has 0 radical (unpaired) electrons. The number of halogens is 1. The van der Waals surface area contributed by atoms with Crippen LogP contribution < -0.4 is 11.1 Å². The molecule has 1 aromatic carbocycles. The third kappa shape index (κ3) is 4.22. The summed E-state index contributed by atoms with van der Waals surface area (Å²) in [5.74, 6) is 0.220. The van der Waals surface area contributed by atoms with Crippen molar-refractivity contribution in [1.82, 2.24) is 4.98 Å². The number of hydrogen-bond donors (Lipinski definition) is 2. The highest BCUT2D eigenvalue weighted by molar-refractivity contribution is 9.10. The average molecular weight is 358 g/mol. The summed E-state index contributed by atoms with van der Waals surface area (Å²) >= 11 is 6.21. The normalized spacial score (nSPS) is 10.4. The fraction of sp³-hybridized carbons (Fsp3) is 0.167. The van der Waals surface area contributed by atoms with Gasteiger partial charge in [0, 0.05) is 20.4 Å². The number of benzene rings is 1. The van der Waals surface area contributed by atoms with Crippen molar-refractivity contribution in [1.29, 1.82) is 0 Å². The van der Waals surface area contributed by atoms with Gasteiger partial charge in [0.05, 0.1) is 11.4 Å². The van der Waals surface area contributed by atoms with Gasteiger partial charge in [-0.25, -0.2) is 4.98 Å². The molecule has 0 unspecified atom stereocenters. The third-order valence-corrected chi connectivity index (χ3v) is 4.64. The fourth-order valence-corrected chi connectivity index (χ4v) is 3.36. The molecule has 2 aromatic rings. The van der Waals surface area contributed by atoms with Crippen LogP contribution in [-0.4, -0.2) is 16.6 Å². The molecule has 1 heterocycles. The minimum absolute atomic E-state index is 0.0845. The van der Waals surface area contributed by atoms with Gasteiger partial charge in [0.15, 0.2) is 5.13 Å². The zero-order valence-corrected chi connectivity index (χ0v) is 13.4. The summed E-state index contributed by atoms with van der Waals surface area (Å²) in [5, 5.41) is 5.29. The van der Waals surface area contributed by atoms with E-state index in [0.29, 0.717) is 16.6 Å². The minimum atomic E-state index is -0.0845. The number of nitrogens with zero attached hydrogens (tertiary/aromatic N) is 1. The molecular weight excluding hydrogens is 346 g/mol. The number of aryl methyl sites for hydroxylation is 1. The summed E-state index contributed by atoms with van der Waals surface area (Å²) in [4.78, 5) is 16.8. The lowest BCUT2D eigenvalue weighted by molar-refractivity contribution is -0.113. The van der Waals surface area contributed by atoms with Crippen LogP contribution in [0.25, 0.3) is 0 Å². The predicted molar refractivity (Wildman–Crippen MR) is 84.8 cm³/mol. The largest absolute Gasteiger partial charge is 0.398 e. The molecule has 100 valence electrons. The molecule has 0 fully saturated rings. The van der Waals surface area contributed by atoms with Gasteiger partial charge in [0.2, 0.25) is 5.91 Å². The van der Waals surface area contributed by atoms with Crippen LogP contribution in [-0.2, 0) is 4.79 Å². The molecule has 4 nitrogen and oxygen atoms in total. The number of thioether (sulfide) groups is 1. The van der Waals surface area contributed by atoms with Crippen LogP contribution in [0.3, 0.4) is 0 Å². The Bertz CT molecular complexity index is 600. The minimum Gasteiger partial charge on any atom is -0.398 e. The van der Waals surface area contributed by atoms with Crippen molar-refractivity contribution < 1.29 is 4.79 Å². The van der Waals surface area contributed by atoms with Gasteiger partial charge >= 0.3 is 0 Å². The van der Waals surface area contributed by atoms with E-state index in [4.69, 9.17) is 5.73 Å². The Morgan fingerprint density at radius 2 is 2.37 bits per heavy atom. The first kappa shape index (κ1) is 14.4. The highest BCUT2D eigenvalue weighted by atomic mass is 79.9. The van der Waals surface area contributed by atoms with E-state index in [1.807, 2.05) is 30.5 Å². The lowest BCUT2D eigenvalue weighted by Crippen LogP contribution is -2.13. The van der Waals surface area contributed by atoms with E-state index in [9.17, 15) is 4.79 Å². The number of nitrogens with two attached hydrogens (primary N) is 1. The quantitative estimate of drug-likeness (QED) is 0.648. The van der Waals surface area contributed by atoms with E-state index < -0.39 is 0 Å². The topological polar surface area (TPSA) is 68.0 Å². The maximum absolute atomic E-state index is 11.8.